The minimum absolute atomic E-state index is 0.140. The summed E-state index contributed by atoms with van der Waals surface area (Å²) in [6.07, 6.45) is 4.48. The maximum Gasteiger partial charge on any atom is 0.220 e. The third-order valence-corrected chi connectivity index (χ3v) is 6.80. The zero-order chi connectivity index (χ0) is 19.0. The molecular formula is C21H26FN3OS. The molecule has 4 rings (SSSR count). The third kappa shape index (κ3) is 3.78. The van der Waals surface area contributed by atoms with Crippen LogP contribution in [0.25, 0.3) is 0 Å². The van der Waals surface area contributed by atoms with Gasteiger partial charge < -0.3 is 5.32 Å². The van der Waals surface area contributed by atoms with E-state index in [1.807, 2.05) is 19.1 Å². The average Bonchev–Trinajstić information content (AvgIpc) is 3.13. The first-order chi connectivity index (χ1) is 12.9. The molecule has 4 nitrogen and oxygen atoms in total. The summed E-state index contributed by atoms with van der Waals surface area (Å²) >= 11 is 1.67. The SMILES string of the molecule is Cc1nc(CN2[C@H]3CCCCC(=O)N[C@@]3(C)C[C@H]2c2ccc(F)cc2)cs1. The second kappa shape index (κ2) is 7.32. The van der Waals surface area contributed by atoms with Gasteiger partial charge in [-0.3, -0.25) is 9.69 Å². The first kappa shape index (κ1) is 18.6. The number of fused-ring (bicyclic) bond motifs is 1. The second-order valence-electron chi connectivity index (χ2n) is 8.03. The number of carbonyl (C=O) groups excluding carboxylic acids is 1. The lowest BCUT2D eigenvalue weighted by Crippen LogP contribution is -2.55. The van der Waals surface area contributed by atoms with Crippen LogP contribution < -0.4 is 5.32 Å². The summed E-state index contributed by atoms with van der Waals surface area (Å²) in [5.74, 6) is -0.0737. The fourth-order valence-electron chi connectivity index (χ4n) is 4.74. The van der Waals surface area contributed by atoms with Gasteiger partial charge in [-0.05, 0) is 50.8 Å². The highest BCUT2D eigenvalue weighted by atomic mass is 32.1. The Morgan fingerprint density at radius 3 is 2.81 bits per heavy atom. The third-order valence-electron chi connectivity index (χ3n) is 5.98. The number of likely N-dealkylation sites (tertiary alicyclic amines) is 1. The maximum absolute atomic E-state index is 13.5. The number of aryl methyl sites for hydroxylation is 1. The number of carbonyl (C=O) groups is 1. The highest BCUT2D eigenvalue weighted by Gasteiger charge is 2.50. The van der Waals surface area contributed by atoms with Crippen LogP contribution in [0, 0.1) is 12.7 Å². The minimum Gasteiger partial charge on any atom is -0.349 e. The Bertz CT molecular complexity index is 821. The van der Waals surface area contributed by atoms with E-state index in [1.165, 1.54) is 12.1 Å². The number of aromatic nitrogens is 1. The highest BCUT2D eigenvalue weighted by molar-refractivity contribution is 7.09. The van der Waals surface area contributed by atoms with Crippen LogP contribution >= 0.6 is 11.3 Å². The average molecular weight is 388 g/mol. The maximum atomic E-state index is 13.5. The summed E-state index contributed by atoms with van der Waals surface area (Å²) in [4.78, 5) is 19.5. The summed E-state index contributed by atoms with van der Waals surface area (Å²) in [5, 5.41) is 6.50. The Morgan fingerprint density at radius 1 is 1.33 bits per heavy atom. The molecule has 1 amide bonds. The number of hydrogen-bond donors (Lipinski definition) is 1. The van der Waals surface area contributed by atoms with Crippen LogP contribution in [-0.2, 0) is 11.3 Å². The van der Waals surface area contributed by atoms with Crippen LogP contribution in [0.15, 0.2) is 29.6 Å². The molecular weight excluding hydrogens is 361 g/mol. The molecule has 0 radical (unpaired) electrons. The first-order valence-electron chi connectivity index (χ1n) is 9.68. The molecule has 2 saturated heterocycles. The number of amides is 1. The number of hydrogen-bond acceptors (Lipinski definition) is 4. The van der Waals surface area contributed by atoms with Gasteiger partial charge in [-0.15, -0.1) is 11.3 Å². The minimum atomic E-state index is -0.276. The van der Waals surface area contributed by atoms with Gasteiger partial charge in [-0.1, -0.05) is 18.6 Å². The fraction of sp³-hybridized carbons (Fsp3) is 0.524. The normalized spacial score (nSPS) is 29.1. The topological polar surface area (TPSA) is 45.2 Å². The first-order valence-corrected chi connectivity index (χ1v) is 10.6. The molecule has 3 atom stereocenters. The Labute approximate surface area is 163 Å². The Balaban J connectivity index is 1.70. The number of halogens is 1. The Morgan fingerprint density at radius 2 is 2.11 bits per heavy atom. The Kier molecular flexibility index (Phi) is 5.03. The van der Waals surface area contributed by atoms with Crippen LogP contribution in [-0.4, -0.2) is 27.4 Å². The van der Waals surface area contributed by atoms with E-state index in [9.17, 15) is 9.18 Å². The van der Waals surface area contributed by atoms with Crippen LogP contribution in [0.5, 0.6) is 0 Å². The van der Waals surface area contributed by atoms with E-state index in [0.29, 0.717) is 6.42 Å². The summed E-state index contributed by atoms with van der Waals surface area (Å²) in [5.41, 5.74) is 1.90. The van der Waals surface area contributed by atoms with E-state index >= 15 is 0 Å². The Hall–Kier alpha value is -1.79. The molecule has 2 aromatic rings. The predicted octanol–water partition coefficient (Wildman–Crippen LogP) is 4.36. The van der Waals surface area contributed by atoms with Crippen molar-refractivity contribution < 1.29 is 9.18 Å². The molecule has 2 aliphatic heterocycles. The highest BCUT2D eigenvalue weighted by Crippen LogP contribution is 2.45. The molecule has 3 heterocycles. The van der Waals surface area contributed by atoms with Crippen molar-refractivity contribution in [3.05, 3.63) is 51.7 Å². The number of benzene rings is 1. The number of nitrogens with one attached hydrogen (secondary N) is 1. The molecule has 27 heavy (non-hydrogen) atoms. The lowest BCUT2D eigenvalue weighted by molar-refractivity contribution is -0.123. The number of nitrogens with zero attached hydrogens (tertiary/aromatic N) is 2. The lowest BCUT2D eigenvalue weighted by Gasteiger charge is -2.38. The van der Waals surface area contributed by atoms with E-state index in [1.54, 1.807) is 11.3 Å². The van der Waals surface area contributed by atoms with Crippen molar-refractivity contribution >= 4 is 17.2 Å². The zero-order valence-corrected chi connectivity index (χ0v) is 16.7. The van der Waals surface area contributed by atoms with Crippen molar-refractivity contribution in [3.8, 4) is 0 Å². The summed E-state index contributed by atoms with van der Waals surface area (Å²) in [6.45, 7) is 4.95. The van der Waals surface area contributed by atoms with Gasteiger partial charge >= 0.3 is 0 Å². The van der Waals surface area contributed by atoms with E-state index in [4.69, 9.17) is 0 Å². The van der Waals surface area contributed by atoms with Crippen molar-refractivity contribution in [1.29, 1.82) is 0 Å². The summed E-state index contributed by atoms with van der Waals surface area (Å²) in [6, 6.07) is 7.20. The van der Waals surface area contributed by atoms with Crippen molar-refractivity contribution in [3.63, 3.8) is 0 Å². The van der Waals surface area contributed by atoms with Gasteiger partial charge in [-0.25, -0.2) is 9.37 Å². The largest absolute Gasteiger partial charge is 0.349 e. The summed E-state index contributed by atoms with van der Waals surface area (Å²) < 4.78 is 13.5. The molecule has 0 spiro atoms. The second-order valence-corrected chi connectivity index (χ2v) is 9.09. The van der Waals surface area contributed by atoms with E-state index in [0.717, 1.165) is 48.5 Å². The molecule has 0 saturated carbocycles. The molecule has 144 valence electrons. The van der Waals surface area contributed by atoms with Gasteiger partial charge in [-0.2, -0.15) is 0 Å². The lowest BCUT2D eigenvalue weighted by atomic mass is 9.85. The molecule has 1 N–H and O–H groups in total. The van der Waals surface area contributed by atoms with Gasteiger partial charge in [0.25, 0.3) is 0 Å². The standard InChI is InChI=1S/C21H26FN3OS/c1-14-23-17(13-27-14)12-25-18(15-7-9-16(22)10-8-15)11-21(2)19(25)5-3-4-6-20(26)24-21/h7-10,13,18-19H,3-6,11-12H2,1-2H3,(H,24,26)/t18-,19-,21-/m0/s1. The molecule has 1 aromatic heterocycles. The smallest absolute Gasteiger partial charge is 0.220 e. The predicted molar refractivity (Wildman–Crippen MR) is 105 cm³/mol. The van der Waals surface area contributed by atoms with Crippen molar-refractivity contribution in [2.24, 2.45) is 0 Å². The fourth-order valence-corrected chi connectivity index (χ4v) is 5.35. The van der Waals surface area contributed by atoms with Gasteiger partial charge in [0.2, 0.25) is 5.91 Å². The quantitative estimate of drug-likeness (QED) is 0.851. The van der Waals surface area contributed by atoms with Gasteiger partial charge in [0, 0.05) is 30.4 Å². The van der Waals surface area contributed by atoms with E-state index in [-0.39, 0.29) is 29.3 Å². The van der Waals surface area contributed by atoms with Crippen LogP contribution in [0.1, 0.15) is 61.3 Å². The van der Waals surface area contributed by atoms with Crippen LogP contribution in [0.4, 0.5) is 4.39 Å². The van der Waals surface area contributed by atoms with Crippen LogP contribution in [0.3, 0.4) is 0 Å². The van der Waals surface area contributed by atoms with Crippen LogP contribution in [0.2, 0.25) is 0 Å². The monoisotopic (exact) mass is 387 g/mol. The number of thiazole rings is 1. The molecule has 1 aromatic carbocycles. The number of rotatable bonds is 3. The zero-order valence-electron chi connectivity index (χ0n) is 15.9. The van der Waals surface area contributed by atoms with Crippen molar-refractivity contribution in [2.45, 2.75) is 70.1 Å². The van der Waals surface area contributed by atoms with Gasteiger partial charge in [0.05, 0.1) is 16.2 Å². The van der Waals surface area contributed by atoms with Gasteiger partial charge in [0.1, 0.15) is 5.82 Å². The molecule has 0 bridgehead atoms. The van der Waals surface area contributed by atoms with E-state index < -0.39 is 0 Å². The summed E-state index contributed by atoms with van der Waals surface area (Å²) in [7, 11) is 0. The molecule has 0 unspecified atom stereocenters. The van der Waals surface area contributed by atoms with E-state index in [2.05, 4.69) is 27.5 Å². The van der Waals surface area contributed by atoms with Crippen molar-refractivity contribution in [1.82, 2.24) is 15.2 Å². The molecule has 0 aliphatic carbocycles. The molecule has 2 aliphatic rings. The van der Waals surface area contributed by atoms with Crippen molar-refractivity contribution in [2.75, 3.05) is 0 Å². The molecule has 6 heteroatoms. The molecule has 2 fully saturated rings. The van der Waals surface area contributed by atoms with Gasteiger partial charge in [0.15, 0.2) is 0 Å².